The summed E-state index contributed by atoms with van der Waals surface area (Å²) >= 11 is 0. The number of aromatic nitrogens is 3. The van der Waals surface area contributed by atoms with Gasteiger partial charge in [-0.05, 0) is 60.0 Å². The predicted octanol–water partition coefficient (Wildman–Crippen LogP) is 5.60. The molecule has 156 valence electrons. The van der Waals surface area contributed by atoms with E-state index in [1.807, 2.05) is 43.3 Å². The lowest BCUT2D eigenvalue weighted by Crippen LogP contribution is -2.09. The molecule has 6 nitrogen and oxygen atoms in total. The van der Waals surface area contributed by atoms with Crippen molar-refractivity contribution in [1.82, 2.24) is 15.0 Å². The number of hydrogen-bond donors (Lipinski definition) is 2. The van der Waals surface area contributed by atoms with Crippen LogP contribution >= 0.6 is 0 Å². The molecule has 0 aliphatic rings. The fourth-order valence-corrected chi connectivity index (χ4v) is 3.17. The first-order chi connectivity index (χ1) is 15.1. The zero-order chi connectivity index (χ0) is 21.6. The molecule has 0 aliphatic heterocycles. The summed E-state index contributed by atoms with van der Waals surface area (Å²) in [6.07, 6.45) is 4.87. The maximum absolute atomic E-state index is 13.3. The largest absolute Gasteiger partial charge is 0.497 e. The second-order valence-corrected chi connectivity index (χ2v) is 6.99. The van der Waals surface area contributed by atoms with E-state index in [0.717, 1.165) is 22.4 Å². The Morgan fingerprint density at radius 2 is 1.61 bits per heavy atom. The van der Waals surface area contributed by atoms with Crippen molar-refractivity contribution < 1.29 is 9.13 Å². The minimum absolute atomic E-state index is 0.0661. The van der Waals surface area contributed by atoms with Crippen LogP contribution in [0.15, 0.2) is 79.3 Å². The lowest BCUT2D eigenvalue weighted by molar-refractivity contribution is 0.415. The Morgan fingerprint density at radius 1 is 0.871 bits per heavy atom. The molecule has 0 amide bonds. The first-order valence-electron chi connectivity index (χ1n) is 9.82. The molecule has 0 unspecified atom stereocenters. The summed E-state index contributed by atoms with van der Waals surface area (Å²) in [5.74, 6) is 2.43. The van der Waals surface area contributed by atoms with Crippen molar-refractivity contribution in [2.45, 2.75) is 13.0 Å². The normalized spacial score (nSPS) is 11.6. The van der Waals surface area contributed by atoms with Gasteiger partial charge in [0.1, 0.15) is 29.0 Å². The molecule has 0 saturated heterocycles. The van der Waals surface area contributed by atoms with Crippen LogP contribution in [0.2, 0.25) is 0 Å². The molecule has 2 aromatic carbocycles. The Bertz CT molecular complexity index is 1130. The number of hydrogen-bond acceptors (Lipinski definition) is 6. The van der Waals surface area contributed by atoms with Gasteiger partial charge < -0.3 is 15.4 Å². The Labute approximate surface area is 180 Å². The number of anilines is 3. The molecule has 4 aromatic rings. The minimum atomic E-state index is -0.258. The molecule has 7 heteroatoms. The van der Waals surface area contributed by atoms with Gasteiger partial charge in [0.2, 0.25) is 0 Å². The van der Waals surface area contributed by atoms with E-state index >= 15 is 0 Å². The molecule has 2 N–H and O–H groups in total. The van der Waals surface area contributed by atoms with Crippen molar-refractivity contribution in [3.05, 3.63) is 90.6 Å². The average molecular weight is 415 g/mol. The zero-order valence-corrected chi connectivity index (χ0v) is 17.2. The molecule has 2 aromatic heterocycles. The SMILES string of the molecule is COc1ccc(-c2cc(Nc3cnccn3)nc(N[C@@H](C)c3ccc(F)cc3)c2)cc1. The summed E-state index contributed by atoms with van der Waals surface area (Å²) in [4.78, 5) is 13.0. The molecule has 1 atom stereocenters. The first-order valence-corrected chi connectivity index (χ1v) is 9.82. The van der Waals surface area contributed by atoms with Crippen LogP contribution in [0.25, 0.3) is 11.1 Å². The van der Waals surface area contributed by atoms with Crippen LogP contribution in [-0.2, 0) is 0 Å². The van der Waals surface area contributed by atoms with Gasteiger partial charge in [-0.15, -0.1) is 0 Å². The highest BCUT2D eigenvalue weighted by Gasteiger charge is 2.11. The second kappa shape index (κ2) is 9.21. The summed E-state index contributed by atoms with van der Waals surface area (Å²) in [7, 11) is 1.64. The quantitative estimate of drug-likeness (QED) is 0.409. The van der Waals surface area contributed by atoms with Crippen LogP contribution < -0.4 is 15.4 Å². The third kappa shape index (κ3) is 5.14. The molecule has 0 fully saturated rings. The van der Waals surface area contributed by atoms with Crippen molar-refractivity contribution in [2.24, 2.45) is 0 Å². The highest BCUT2D eigenvalue weighted by Crippen LogP contribution is 2.29. The first kappa shape index (κ1) is 20.3. The van der Waals surface area contributed by atoms with Crippen LogP contribution in [0.5, 0.6) is 5.75 Å². The van der Waals surface area contributed by atoms with Crippen molar-refractivity contribution in [3.63, 3.8) is 0 Å². The molecular weight excluding hydrogens is 393 g/mol. The molecular formula is C24H22FN5O. The van der Waals surface area contributed by atoms with E-state index in [0.29, 0.717) is 17.5 Å². The topological polar surface area (TPSA) is 72.0 Å². The number of halogens is 1. The van der Waals surface area contributed by atoms with E-state index in [4.69, 9.17) is 4.74 Å². The van der Waals surface area contributed by atoms with Gasteiger partial charge in [-0.1, -0.05) is 24.3 Å². The fourth-order valence-electron chi connectivity index (χ4n) is 3.17. The van der Waals surface area contributed by atoms with Crippen molar-refractivity contribution in [3.8, 4) is 16.9 Å². The highest BCUT2D eigenvalue weighted by molar-refractivity contribution is 5.72. The number of ether oxygens (including phenoxy) is 1. The van der Waals surface area contributed by atoms with Crippen LogP contribution in [0.1, 0.15) is 18.5 Å². The molecule has 31 heavy (non-hydrogen) atoms. The van der Waals surface area contributed by atoms with Crippen LogP contribution in [0.3, 0.4) is 0 Å². The van der Waals surface area contributed by atoms with Crippen molar-refractivity contribution in [1.29, 1.82) is 0 Å². The Balaban J connectivity index is 1.67. The predicted molar refractivity (Wildman–Crippen MR) is 120 cm³/mol. The van der Waals surface area contributed by atoms with Gasteiger partial charge in [0.25, 0.3) is 0 Å². The van der Waals surface area contributed by atoms with Gasteiger partial charge in [-0.2, -0.15) is 0 Å². The number of rotatable bonds is 7. The lowest BCUT2D eigenvalue weighted by Gasteiger charge is -2.17. The third-order valence-electron chi connectivity index (χ3n) is 4.80. The molecule has 0 radical (unpaired) electrons. The fraction of sp³-hybridized carbons (Fsp3) is 0.125. The Hall–Kier alpha value is -4.00. The average Bonchev–Trinajstić information content (AvgIpc) is 2.80. The summed E-state index contributed by atoms with van der Waals surface area (Å²) in [6.45, 7) is 2.00. The van der Waals surface area contributed by atoms with Gasteiger partial charge in [0.15, 0.2) is 0 Å². The van der Waals surface area contributed by atoms with E-state index < -0.39 is 0 Å². The monoisotopic (exact) mass is 415 g/mol. The number of methoxy groups -OCH3 is 1. The molecule has 0 aliphatic carbocycles. The number of pyridine rings is 1. The molecule has 0 spiro atoms. The Morgan fingerprint density at radius 3 is 2.29 bits per heavy atom. The van der Waals surface area contributed by atoms with Crippen molar-refractivity contribution >= 4 is 17.5 Å². The smallest absolute Gasteiger partial charge is 0.150 e. The van der Waals surface area contributed by atoms with Crippen molar-refractivity contribution in [2.75, 3.05) is 17.7 Å². The summed E-state index contributed by atoms with van der Waals surface area (Å²) in [5.41, 5.74) is 2.95. The number of benzene rings is 2. The van der Waals surface area contributed by atoms with Gasteiger partial charge in [0, 0.05) is 18.4 Å². The highest BCUT2D eigenvalue weighted by atomic mass is 19.1. The molecule has 0 saturated carbocycles. The summed E-state index contributed by atoms with van der Waals surface area (Å²) < 4.78 is 18.5. The van der Waals surface area contributed by atoms with E-state index in [-0.39, 0.29) is 11.9 Å². The van der Waals surface area contributed by atoms with Gasteiger partial charge in [-0.3, -0.25) is 4.98 Å². The standard InChI is InChI=1S/C24H22FN5O/c1-16(17-3-7-20(25)8-4-17)28-22-13-19(18-5-9-21(31-2)10-6-18)14-23(29-22)30-24-15-26-11-12-27-24/h3-16H,1-2H3,(H2,27,28,29,30)/t16-/m0/s1. The molecule has 2 heterocycles. The minimum Gasteiger partial charge on any atom is -0.497 e. The van der Waals surface area contributed by atoms with Gasteiger partial charge in [-0.25, -0.2) is 14.4 Å². The van der Waals surface area contributed by atoms with E-state index in [1.165, 1.54) is 12.1 Å². The number of nitrogens with zero attached hydrogens (tertiary/aromatic N) is 3. The Kier molecular flexibility index (Phi) is 6.03. The summed E-state index contributed by atoms with van der Waals surface area (Å²) in [6, 6.07) is 18.1. The zero-order valence-electron chi connectivity index (χ0n) is 17.2. The van der Waals surface area contributed by atoms with Gasteiger partial charge in [0.05, 0.1) is 13.3 Å². The van der Waals surface area contributed by atoms with Crippen LogP contribution in [-0.4, -0.2) is 22.1 Å². The third-order valence-corrected chi connectivity index (χ3v) is 4.80. The maximum atomic E-state index is 13.3. The molecule has 4 rings (SSSR count). The van der Waals surface area contributed by atoms with E-state index in [2.05, 4.69) is 25.6 Å². The van der Waals surface area contributed by atoms with E-state index in [1.54, 1.807) is 37.8 Å². The van der Waals surface area contributed by atoms with Crippen LogP contribution in [0.4, 0.5) is 21.8 Å². The molecule has 0 bridgehead atoms. The van der Waals surface area contributed by atoms with Crippen LogP contribution in [0, 0.1) is 5.82 Å². The van der Waals surface area contributed by atoms with E-state index in [9.17, 15) is 4.39 Å². The maximum Gasteiger partial charge on any atom is 0.150 e. The lowest BCUT2D eigenvalue weighted by atomic mass is 10.1. The number of nitrogens with one attached hydrogen (secondary N) is 2. The summed E-state index contributed by atoms with van der Waals surface area (Å²) in [5, 5.41) is 6.60. The van der Waals surface area contributed by atoms with Gasteiger partial charge >= 0.3 is 0 Å². The second-order valence-electron chi connectivity index (χ2n) is 6.99.